The van der Waals surface area contributed by atoms with Crippen LogP contribution in [0, 0.1) is 12.7 Å². The maximum absolute atomic E-state index is 14.3. The highest BCUT2D eigenvalue weighted by molar-refractivity contribution is 9.10. The van der Waals surface area contributed by atoms with Gasteiger partial charge in [0.1, 0.15) is 5.75 Å². The minimum atomic E-state index is -0.757. The Morgan fingerprint density at radius 2 is 2.10 bits per heavy atom. The molecule has 0 amide bonds. The summed E-state index contributed by atoms with van der Waals surface area (Å²) in [5.41, 5.74) is 2.06. The molecular formula is C16H13BrClFO2. The van der Waals surface area contributed by atoms with Gasteiger partial charge in [-0.05, 0) is 37.1 Å². The zero-order valence-corrected chi connectivity index (χ0v) is 13.9. The Morgan fingerprint density at radius 1 is 1.38 bits per heavy atom. The smallest absolute Gasteiger partial charge is 0.156 e. The lowest BCUT2D eigenvalue weighted by molar-refractivity contribution is 0.111. The molecule has 0 atom stereocenters. The van der Waals surface area contributed by atoms with Crippen LogP contribution in [0.3, 0.4) is 0 Å². The van der Waals surface area contributed by atoms with Crippen molar-refractivity contribution in [1.29, 1.82) is 0 Å². The molecule has 0 N–H and O–H groups in total. The second kappa shape index (κ2) is 6.58. The van der Waals surface area contributed by atoms with Crippen molar-refractivity contribution in [3.63, 3.8) is 0 Å². The van der Waals surface area contributed by atoms with E-state index < -0.39 is 5.82 Å². The van der Waals surface area contributed by atoms with E-state index in [1.54, 1.807) is 13.0 Å². The van der Waals surface area contributed by atoms with Crippen LogP contribution in [0.25, 0.3) is 11.1 Å². The van der Waals surface area contributed by atoms with Crippen molar-refractivity contribution in [2.24, 2.45) is 0 Å². The van der Waals surface area contributed by atoms with Crippen LogP contribution in [0.15, 0.2) is 28.7 Å². The quantitative estimate of drug-likeness (QED) is 0.670. The van der Waals surface area contributed by atoms with E-state index in [0.29, 0.717) is 18.5 Å². The first-order valence-corrected chi connectivity index (χ1v) is 7.53. The van der Waals surface area contributed by atoms with Crippen molar-refractivity contribution in [2.45, 2.75) is 13.8 Å². The Hall–Kier alpha value is -1.39. The van der Waals surface area contributed by atoms with Gasteiger partial charge in [-0.25, -0.2) is 4.39 Å². The molecule has 0 saturated heterocycles. The molecule has 5 heteroatoms. The number of carbonyl (C=O) groups is 1. The van der Waals surface area contributed by atoms with Crippen molar-refractivity contribution >= 4 is 33.8 Å². The molecule has 0 aromatic heterocycles. The number of ether oxygens (including phenoxy) is 1. The second-order valence-corrected chi connectivity index (χ2v) is 5.66. The summed E-state index contributed by atoms with van der Waals surface area (Å²) < 4.78 is 20.6. The van der Waals surface area contributed by atoms with Gasteiger partial charge in [0.15, 0.2) is 12.1 Å². The van der Waals surface area contributed by atoms with Gasteiger partial charge in [-0.1, -0.05) is 39.7 Å². The zero-order chi connectivity index (χ0) is 15.6. The molecule has 21 heavy (non-hydrogen) atoms. The normalized spacial score (nSPS) is 10.5. The van der Waals surface area contributed by atoms with Crippen LogP contribution in [-0.2, 0) is 0 Å². The van der Waals surface area contributed by atoms with Crippen molar-refractivity contribution in [2.75, 3.05) is 6.61 Å². The second-order valence-electron chi connectivity index (χ2n) is 4.43. The van der Waals surface area contributed by atoms with Gasteiger partial charge in [-0.15, -0.1) is 0 Å². The maximum atomic E-state index is 14.3. The monoisotopic (exact) mass is 370 g/mol. The van der Waals surface area contributed by atoms with Crippen LogP contribution in [-0.4, -0.2) is 12.9 Å². The number of aldehydes is 1. The van der Waals surface area contributed by atoms with E-state index in [9.17, 15) is 9.18 Å². The predicted octanol–water partition coefficient (Wildman–Crippen LogP) is 5.43. The first-order chi connectivity index (χ1) is 10.0. The minimum Gasteiger partial charge on any atom is -0.493 e. The van der Waals surface area contributed by atoms with Crippen LogP contribution in [0.4, 0.5) is 4.39 Å². The zero-order valence-electron chi connectivity index (χ0n) is 11.5. The van der Waals surface area contributed by atoms with Crippen molar-refractivity contribution in [3.05, 3.63) is 50.7 Å². The third-order valence-corrected chi connectivity index (χ3v) is 4.41. The van der Waals surface area contributed by atoms with Crippen LogP contribution in [0.2, 0.25) is 5.02 Å². The molecular weight excluding hydrogens is 359 g/mol. The molecule has 0 unspecified atom stereocenters. The fourth-order valence-electron chi connectivity index (χ4n) is 2.10. The largest absolute Gasteiger partial charge is 0.493 e. The lowest BCUT2D eigenvalue weighted by Crippen LogP contribution is -2.01. The van der Waals surface area contributed by atoms with Crippen molar-refractivity contribution < 1.29 is 13.9 Å². The van der Waals surface area contributed by atoms with Crippen LogP contribution < -0.4 is 4.74 Å². The van der Waals surface area contributed by atoms with E-state index in [4.69, 9.17) is 16.3 Å². The van der Waals surface area contributed by atoms with Gasteiger partial charge >= 0.3 is 0 Å². The van der Waals surface area contributed by atoms with Crippen LogP contribution in [0.5, 0.6) is 5.75 Å². The number of halogens is 3. The summed E-state index contributed by atoms with van der Waals surface area (Å²) in [4.78, 5) is 11.1. The predicted molar refractivity (Wildman–Crippen MR) is 85.8 cm³/mol. The Kier molecular flexibility index (Phi) is 5.01. The molecule has 2 aromatic carbocycles. The highest BCUT2D eigenvalue weighted by Crippen LogP contribution is 2.39. The SMILES string of the molecule is CCOc1cc(-c2cccc(Br)c2C)c(Cl)c(F)c1C=O. The van der Waals surface area contributed by atoms with Crippen molar-refractivity contribution in [3.8, 4) is 16.9 Å². The number of hydrogen-bond acceptors (Lipinski definition) is 2. The van der Waals surface area contributed by atoms with Gasteiger partial charge in [0.2, 0.25) is 0 Å². The average molecular weight is 372 g/mol. The van der Waals surface area contributed by atoms with E-state index in [-0.39, 0.29) is 16.3 Å². The molecule has 0 aliphatic rings. The molecule has 2 aromatic rings. The molecule has 0 aliphatic carbocycles. The Morgan fingerprint density at radius 3 is 2.71 bits per heavy atom. The summed E-state index contributed by atoms with van der Waals surface area (Å²) >= 11 is 9.54. The molecule has 0 bridgehead atoms. The lowest BCUT2D eigenvalue weighted by Gasteiger charge is -2.14. The van der Waals surface area contributed by atoms with Gasteiger partial charge in [0.05, 0.1) is 17.2 Å². The fraction of sp³-hybridized carbons (Fsp3) is 0.188. The van der Waals surface area contributed by atoms with Crippen LogP contribution >= 0.6 is 27.5 Å². The molecule has 0 heterocycles. The first-order valence-electron chi connectivity index (χ1n) is 6.36. The summed E-state index contributed by atoms with van der Waals surface area (Å²) in [5.74, 6) is -0.559. The Balaban J connectivity index is 2.75. The van der Waals surface area contributed by atoms with Gasteiger partial charge in [0.25, 0.3) is 0 Å². The minimum absolute atomic E-state index is 0.0817. The van der Waals surface area contributed by atoms with Gasteiger partial charge < -0.3 is 4.74 Å². The highest BCUT2D eigenvalue weighted by Gasteiger charge is 2.20. The van der Waals surface area contributed by atoms with Crippen molar-refractivity contribution in [1.82, 2.24) is 0 Å². The summed E-state index contributed by atoms with van der Waals surface area (Å²) in [6.45, 7) is 4.01. The standard InChI is InChI=1S/C16H13BrClFO2/c1-3-21-14-7-11(15(18)16(19)12(14)8-20)10-5-4-6-13(17)9(10)2/h4-8H,3H2,1-2H3. The Bertz CT molecular complexity index is 701. The third kappa shape index (κ3) is 2.97. The number of benzene rings is 2. The summed E-state index contributed by atoms with van der Waals surface area (Å²) in [6, 6.07) is 7.19. The topological polar surface area (TPSA) is 26.3 Å². The van der Waals surface area contributed by atoms with E-state index in [0.717, 1.165) is 15.6 Å². The number of rotatable bonds is 4. The van der Waals surface area contributed by atoms with E-state index >= 15 is 0 Å². The van der Waals surface area contributed by atoms with E-state index in [1.165, 1.54) is 0 Å². The number of carbonyl (C=O) groups excluding carboxylic acids is 1. The molecule has 0 spiro atoms. The van der Waals surface area contributed by atoms with Gasteiger partial charge in [-0.2, -0.15) is 0 Å². The summed E-state index contributed by atoms with van der Waals surface area (Å²) in [5, 5.41) is -0.0817. The lowest BCUT2D eigenvalue weighted by atomic mass is 9.98. The van der Waals surface area contributed by atoms with Gasteiger partial charge in [-0.3, -0.25) is 4.79 Å². The first kappa shape index (κ1) is 16.0. The molecule has 110 valence electrons. The maximum Gasteiger partial charge on any atom is 0.156 e. The molecule has 0 aliphatic heterocycles. The molecule has 2 rings (SSSR count). The summed E-state index contributed by atoms with van der Waals surface area (Å²) in [7, 11) is 0. The molecule has 0 fully saturated rings. The fourth-order valence-corrected chi connectivity index (χ4v) is 2.72. The molecule has 0 radical (unpaired) electrons. The number of hydrogen-bond donors (Lipinski definition) is 0. The van der Waals surface area contributed by atoms with Gasteiger partial charge in [0, 0.05) is 10.0 Å². The summed E-state index contributed by atoms with van der Waals surface area (Å²) in [6.07, 6.45) is 0.420. The molecule has 2 nitrogen and oxygen atoms in total. The van der Waals surface area contributed by atoms with E-state index in [2.05, 4.69) is 15.9 Å². The van der Waals surface area contributed by atoms with Crippen LogP contribution in [0.1, 0.15) is 22.8 Å². The Labute approximate surface area is 136 Å². The highest BCUT2D eigenvalue weighted by atomic mass is 79.9. The third-order valence-electron chi connectivity index (χ3n) is 3.18. The molecule has 0 saturated carbocycles. The average Bonchev–Trinajstić information content (AvgIpc) is 2.46. The van der Waals surface area contributed by atoms with E-state index in [1.807, 2.05) is 25.1 Å².